The van der Waals surface area contributed by atoms with Crippen molar-refractivity contribution in [2.24, 2.45) is 0 Å². The molecule has 1 heterocycles. The van der Waals surface area contributed by atoms with Gasteiger partial charge in [0, 0.05) is 19.7 Å². The van der Waals surface area contributed by atoms with Gasteiger partial charge >= 0.3 is 6.09 Å². The summed E-state index contributed by atoms with van der Waals surface area (Å²) >= 11 is 0. The third-order valence-corrected chi connectivity index (χ3v) is 3.63. The van der Waals surface area contributed by atoms with E-state index in [-0.39, 0.29) is 18.8 Å². The summed E-state index contributed by atoms with van der Waals surface area (Å²) in [6, 6.07) is 0. The fraction of sp³-hybridized carbons (Fsp3) is 0.929. The number of piperidine rings is 1. The molecule has 0 aromatic carbocycles. The van der Waals surface area contributed by atoms with Gasteiger partial charge in [0.15, 0.2) is 0 Å². The highest BCUT2D eigenvalue weighted by Crippen LogP contribution is 2.17. The first-order valence-electron chi connectivity index (χ1n) is 7.51. The van der Waals surface area contributed by atoms with Crippen molar-refractivity contribution in [3.05, 3.63) is 0 Å². The fourth-order valence-corrected chi connectivity index (χ4v) is 2.47. The first-order valence-corrected chi connectivity index (χ1v) is 9.32. The van der Waals surface area contributed by atoms with Crippen LogP contribution in [-0.4, -0.2) is 63.7 Å². The molecule has 0 spiro atoms. The molecule has 0 bridgehead atoms. The Morgan fingerprint density at radius 3 is 2.27 bits per heavy atom. The number of carbonyl (C=O) groups excluding carboxylic acids is 1. The first kappa shape index (κ1) is 19.2. The van der Waals surface area contributed by atoms with Gasteiger partial charge in [-0.1, -0.05) is 0 Å². The van der Waals surface area contributed by atoms with Gasteiger partial charge in [-0.05, 0) is 40.0 Å². The van der Waals surface area contributed by atoms with E-state index in [0.29, 0.717) is 26.1 Å². The molecule has 130 valence electrons. The average molecular weight is 337 g/mol. The molecule has 1 fully saturated rings. The molecule has 7 nitrogen and oxygen atoms in total. The third kappa shape index (κ3) is 8.55. The topological polar surface area (TPSA) is 82.1 Å². The molecule has 0 N–H and O–H groups in total. The quantitative estimate of drug-likeness (QED) is 0.543. The molecule has 0 atom stereocenters. The van der Waals surface area contributed by atoms with E-state index in [4.69, 9.17) is 9.47 Å². The van der Waals surface area contributed by atoms with E-state index in [2.05, 4.69) is 4.18 Å². The molecule has 1 aliphatic heterocycles. The summed E-state index contributed by atoms with van der Waals surface area (Å²) in [7, 11) is -3.37. The Kier molecular flexibility index (Phi) is 7.08. The van der Waals surface area contributed by atoms with Crippen LogP contribution in [0.1, 0.15) is 40.0 Å². The van der Waals surface area contributed by atoms with E-state index in [1.807, 2.05) is 20.8 Å². The SMILES string of the molecule is CC(C)(C)OC(=O)N1CCC(OCCCOS(C)(=O)=O)CC1. The molecule has 1 rings (SSSR count). The maximum absolute atomic E-state index is 11.9. The van der Waals surface area contributed by atoms with Gasteiger partial charge in [0.05, 0.1) is 19.0 Å². The molecule has 0 saturated carbocycles. The van der Waals surface area contributed by atoms with Crippen LogP contribution in [0, 0.1) is 0 Å². The molecule has 8 heteroatoms. The van der Waals surface area contributed by atoms with Crippen molar-refractivity contribution in [1.82, 2.24) is 4.90 Å². The van der Waals surface area contributed by atoms with Gasteiger partial charge in [-0.15, -0.1) is 0 Å². The van der Waals surface area contributed by atoms with Crippen LogP contribution in [0.5, 0.6) is 0 Å². The maximum atomic E-state index is 11.9. The van der Waals surface area contributed by atoms with Crippen molar-refractivity contribution < 1.29 is 26.9 Å². The summed E-state index contributed by atoms with van der Waals surface area (Å²) in [6.45, 7) is 7.35. The van der Waals surface area contributed by atoms with E-state index < -0.39 is 15.7 Å². The largest absolute Gasteiger partial charge is 0.444 e. The van der Waals surface area contributed by atoms with Gasteiger partial charge in [0.25, 0.3) is 10.1 Å². The van der Waals surface area contributed by atoms with E-state index >= 15 is 0 Å². The third-order valence-electron chi connectivity index (χ3n) is 3.03. The molecular formula is C14H27NO6S. The van der Waals surface area contributed by atoms with Crippen LogP contribution in [0.15, 0.2) is 0 Å². The Morgan fingerprint density at radius 2 is 1.77 bits per heavy atom. The van der Waals surface area contributed by atoms with Gasteiger partial charge in [0.2, 0.25) is 0 Å². The van der Waals surface area contributed by atoms with E-state index in [1.54, 1.807) is 4.90 Å². The number of hydrogen-bond donors (Lipinski definition) is 0. The van der Waals surface area contributed by atoms with Crippen molar-refractivity contribution in [3.8, 4) is 0 Å². The second-order valence-corrected chi connectivity index (χ2v) is 8.06. The van der Waals surface area contributed by atoms with Crippen molar-refractivity contribution >= 4 is 16.2 Å². The van der Waals surface area contributed by atoms with Gasteiger partial charge in [0.1, 0.15) is 5.60 Å². The molecule has 0 aliphatic carbocycles. The van der Waals surface area contributed by atoms with E-state index in [1.165, 1.54) is 0 Å². The normalized spacial score (nSPS) is 17.5. The summed E-state index contributed by atoms with van der Waals surface area (Å²) in [4.78, 5) is 13.6. The number of ether oxygens (including phenoxy) is 2. The number of hydrogen-bond acceptors (Lipinski definition) is 6. The zero-order chi connectivity index (χ0) is 16.8. The van der Waals surface area contributed by atoms with E-state index in [9.17, 15) is 13.2 Å². The van der Waals surface area contributed by atoms with E-state index in [0.717, 1.165) is 19.1 Å². The molecule has 1 aliphatic rings. The number of nitrogens with zero attached hydrogens (tertiary/aromatic N) is 1. The highest BCUT2D eigenvalue weighted by Gasteiger charge is 2.26. The lowest BCUT2D eigenvalue weighted by atomic mass is 10.1. The number of likely N-dealkylation sites (tertiary alicyclic amines) is 1. The van der Waals surface area contributed by atoms with Crippen LogP contribution in [0.2, 0.25) is 0 Å². The predicted molar refractivity (Wildman–Crippen MR) is 82.2 cm³/mol. The monoisotopic (exact) mass is 337 g/mol. The molecule has 22 heavy (non-hydrogen) atoms. The van der Waals surface area contributed by atoms with Crippen molar-refractivity contribution in [1.29, 1.82) is 0 Å². The fourth-order valence-electron chi connectivity index (χ4n) is 2.05. The second kappa shape index (κ2) is 8.12. The van der Waals surface area contributed by atoms with Crippen LogP contribution in [-0.2, 0) is 23.8 Å². The minimum Gasteiger partial charge on any atom is -0.444 e. The smallest absolute Gasteiger partial charge is 0.410 e. The van der Waals surface area contributed by atoms with Crippen LogP contribution >= 0.6 is 0 Å². The number of amides is 1. The molecule has 0 radical (unpaired) electrons. The van der Waals surface area contributed by atoms with Gasteiger partial charge < -0.3 is 14.4 Å². The highest BCUT2D eigenvalue weighted by atomic mass is 32.2. The zero-order valence-electron chi connectivity index (χ0n) is 13.8. The zero-order valence-corrected chi connectivity index (χ0v) is 14.6. The lowest BCUT2D eigenvalue weighted by Crippen LogP contribution is -2.43. The Hall–Kier alpha value is -0.860. The molecule has 1 amide bonds. The Bertz CT molecular complexity index is 448. The summed E-state index contributed by atoms with van der Waals surface area (Å²) < 4.78 is 37.2. The average Bonchev–Trinajstić information content (AvgIpc) is 2.35. The summed E-state index contributed by atoms with van der Waals surface area (Å²) in [5, 5.41) is 0. The van der Waals surface area contributed by atoms with Crippen LogP contribution in [0.3, 0.4) is 0 Å². The van der Waals surface area contributed by atoms with Crippen molar-refractivity contribution in [2.45, 2.75) is 51.7 Å². The molecular weight excluding hydrogens is 310 g/mol. The van der Waals surface area contributed by atoms with Crippen molar-refractivity contribution in [3.63, 3.8) is 0 Å². The lowest BCUT2D eigenvalue weighted by molar-refractivity contribution is -0.0132. The second-order valence-electron chi connectivity index (χ2n) is 6.42. The first-order chi connectivity index (χ1) is 10.1. The minimum atomic E-state index is -3.37. The summed E-state index contributed by atoms with van der Waals surface area (Å²) in [5.74, 6) is 0. The van der Waals surface area contributed by atoms with Gasteiger partial charge in [-0.2, -0.15) is 8.42 Å². The number of carbonyl (C=O) groups is 1. The van der Waals surface area contributed by atoms with Crippen molar-refractivity contribution in [2.75, 3.05) is 32.6 Å². The minimum absolute atomic E-state index is 0.0944. The van der Waals surface area contributed by atoms with Crippen LogP contribution in [0.25, 0.3) is 0 Å². The Morgan fingerprint density at radius 1 is 1.18 bits per heavy atom. The maximum Gasteiger partial charge on any atom is 0.410 e. The molecule has 0 aromatic rings. The van der Waals surface area contributed by atoms with Crippen LogP contribution < -0.4 is 0 Å². The lowest BCUT2D eigenvalue weighted by Gasteiger charge is -2.33. The standard InChI is InChI=1S/C14H27NO6S/c1-14(2,3)21-13(16)15-8-6-12(7-9-15)19-10-5-11-20-22(4,17)18/h12H,5-11H2,1-4H3. The summed E-state index contributed by atoms with van der Waals surface area (Å²) in [5.41, 5.74) is -0.482. The molecule has 0 aromatic heterocycles. The molecule has 1 saturated heterocycles. The van der Waals surface area contributed by atoms with Crippen LogP contribution in [0.4, 0.5) is 4.79 Å². The Balaban J connectivity index is 2.16. The van der Waals surface area contributed by atoms with Gasteiger partial charge in [-0.25, -0.2) is 4.79 Å². The highest BCUT2D eigenvalue weighted by molar-refractivity contribution is 7.85. The Labute approximate surface area is 133 Å². The predicted octanol–water partition coefficient (Wildman–Crippen LogP) is 1.77. The number of rotatable bonds is 6. The molecule has 0 unspecified atom stereocenters. The summed E-state index contributed by atoms with van der Waals surface area (Å²) in [6.07, 6.45) is 2.88. The van der Waals surface area contributed by atoms with Gasteiger partial charge in [-0.3, -0.25) is 4.18 Å².